The molecule has 0 N–H and O–H groups in total. The van der Waals surface area contributed by atoms with E-state index >= 15 is 0 Å². The maximum absolute atomic E-state index is 11.5. The third-order valence-corrected chi connectivity index (χ3v) is 7.59. The Bertz CT molecular complexity index is 1780. The van der Waals surface area contributed by atoms with Crippen LogP contribution in [0.2, 0.25) is 0 Å². The van der Waals surface area contributed by atoms with Gasteiger partial charge in [0.1, 0.15) is 12.4 Å². The van der Waals surface area contributed by atoms with Crippen molar-refractivity contribution in [2.24, 2.45) is 10.2 Å². The molecule has 1 atom stereocenters. The molecule has 2 aliphatic heterocycles. The first-order valence-electron chi connectivity index (χ1n) is 13.7. The van der Waals surface area contributed by atoms with Gasteiger partial charge < -0.3 is 4.90 Å². The fraction of sp³-hybridized carbons (Fsp3) is 0.0588. The zero-order valence-corrected chi connectivity index (χ0v) is 22.6. The number of hydrogen-bond acceptors (Lipinski definition) is 7. The largest absolute Gasteiger partial charge is 0.301 e. The van der Waals surface area contributed by atoms with E-state index in [4.69, 9.17) is 10.2 Å². The average Bonchev–Trinajstić information content (AvgIpc) is 3.42. The van der Waals surface area contributed by atoms with Crippen molar-refractivity contribution in [2.45, 2.75) is 5.66 Å². The third kappa shape index (κ3) is 4.08. The highest BCUT2D eigenvalue weighted by molar-refractivity contribution is 6.16. The number of hydrogen-bond donors (Lipinski definition) is 0. The summed E-state index contributed by atoms with van der Waals surface area (Å²) in [6.07, 6.45) is 0. The lowest BCUT2D eigenvalue weighted by Crippen LogP contribution is -2.64. The molecule has 5 aromatic rings. The molecular formula is C34H26N6O2. The van der Waals surface area contributed by atoms with Crippen molar-refractivity contribution >= 4 is 28.6 Å². The first-order valence-corrected chi connectivity index (χ1v) is 13.7. The van der Waals surface area contributed by atoms with Gasteiger partial charge in [0.05, 0.1) is 16.3 Å². The van der Waals surface area contributed by atoms with E-state index in [1.165, 1.54) is 12.1 Å². The van der Waals surface area contributed by atoms with Gasteiger partial charge in [-0.25, -0.2) is 10.0 Å². The van der Waals surface area contributed by atoms with Gasteiger partial charge in [0.15, 0.2) is 5.84 Å². The molecule has 0 saturated carbocycles. The summed E-state index contributed by atoms with van der Waals surface area (Å²) in [5.74, 6) is 0.766. The van der Waals surface area contributed by atoms with Crippen molar-refractivity contribution in [1.82, 2.24) is 4.90 Å². The normalized spacial score (nSPS) is 17.9. The number of non-ortho nitro benzene ring substituents is 1. The van der Waals surface area contributed by atoms with E-state index in [9.17, 15) is 10.1 Å². The molecule has 5 aromatic carbocycles. The minimum Gasteiger partial charge on any atom is -0.301 e. The molecule has 0 radical (unpaired) electrons. The quantitative estimate of drug-likeness (QED) is 0.171. The fourth-order valence-corrected chi connectivity index (χ4v) is 5.68. The van der Waals surface area contributed by atoms with Crippen molar-refractivity contribution in [3.8, 4) is 0 Å². The standard InChI is InChI=1S/C34H26N6O2/c41-40(42)31-23-21-30(22-24-31)39-34(28-17-9-3-10-18-28)32(26-13-5-1-6-14-26)35-38(29-19-11-4-12-20-29)25-37(34)33(36-39)27-15-7-2-8-16-27/h1-24H,25H2/t34-/m1/s1. The van der Waals surface area contributed by atoms with Gasteiger partial charge in [-0.3, -0.25) is 10.1 Å². The maximum Gasteiger partial charge on any atom is 0.269 e. The van der Waals surface area contributed by atoms with E-state index in [-0.39, 0.29) is 10.6 Å². The summed E-state index contributed by atoms with van der Waals surface area (Å²) in [6, 6.07) is 47.1. The molecule has 0 unspecified atom stereocenters. The van der Waals surface area contributed by atoms with Crippen molar-refractivity contribution in [3.63, 3.8) is 0 Å². The number of anilines is 2. The Morgan fingerprint density at radius 2 is 1.17 bits per heavy atom. The van der Waals surface area contributed by atoms with Crippen LogP contribution in [0.3, 0.4) is 0 Å². The van der Waals surface area contributed by atoms with Gasteiger partial charge in [0.25, 0.3) is 5.69 Å². The smallest absolute Gasteiger partial charge is 0.269 e. The molecule has 0 bridgehead atoms. The molecule has 42 heavy (non-hydrogen) atoms. The number of benzene rings is 5. The summed E-state index contributed by atoms with van der Waals surface area (Å²) in [7, 11) is 0. The van der Waals surface area contributed by atoms with Crippen LogP contribution in [-0.4, -0.2) is 28.0 Å². The van der Waals surface area contributed by atoms with Crippen LogP contribution < -0.4 is 10.0 Å². The van der Waals surface area contributed by atoms with Gasteiger partial charge >= 0.3 is 0 Å². The minimum atomic E-state index is -1.00. The van der Waals surface area contributed by atoms with Gasteiger partial charge in [-0.1, -0.05) is 109 Å². The number of rotatable bonds is 6. The average molecular weight is 551 g/mol. The molecule has 2 aliphatic rings. The number of nitro groups is 1. The molecule has 0 aliphatic carbocycles. The maximum atomic E-state index is 11.5. The summed E-state index contributed by atoms with van der Waals surface area (Å²) in [4.78, 5) is 13.4. The number of fused-ring (bicyclic) bond motifs is 1. The van der Waals surface area contributed by atoms with Crippen LogP contribution in [0, 0.1) is 10.1 Å². The van der Waals surface area contributed by atoms with Gasteiger partial charge in [0.2, 0.25) is 5.66 Å². The second kappa shape index (κ2) is 10.3. The summed E-state index contributed by atoms with van der Waals surface area (Å²) in [6.45, 7) is 0.409. The third-order valence-electron chi connectivity index (χ3n) is 7.59. The highest BCUT2D eigenvalue weighted by Gasteiger charge is 2.58. The van der Waals surface area contributed by atoms with Gasteiger partial charge in [-0.2, -0.15) is 10.2 Å². The molecule has 0 amide bonds. The summed E-state index contributed by atoms with van der Waals surface area (Å²) >= 11 is 0. The Kier molecular flexibility index (Phi) is 6.20. The van der Waals surface area contributed by atoms with Crippen LogP contribution in [0.15, 0.2) is 156 Å². The van der Waals surface area contributed by atoms with Gasteiger partial charge in [-0.15, -0.1) is 0 Å². The van der Waals surface area contributed by atoms with E-state index in [0.717, 1.165) is 33.9 Å². The highest BCUT2D eigenvalue weighted by Crippen LogP contribution is 2.47. The molecule has 204 valence electrons. The van der Waals surface area contributed by atoms with E-state index < -0.39 is 5.66 Å². The molecule has 8 heteroatoms. The summed E-state index contributed by atoms with van der Waals surface area (Å²) < 4.78 is 0. The predicted octanol–water partition coefficient (Wildman–Crippen LogP) is 6.81. The van der Waals surface area contributed by atoms with Crippen LogP contribution in [0.1, 0.15) is 16.7 Å². The Labute approximate surface area is 243 Å². The number of nitro benzene ring substituents is 1. The SMILES string of the molecule is O=[N+]([O-])c1ccc(N2N=C(c3ccccc3)N3CN(c4ccccc4)N=C(c4ccccc4)[C@]32c2ccccc2)cc1. The molecule has 0 spiro atoms. The van der Waals surface area contributed by atoms with Crippen molar-refractivity contribution in [2.75, 3.05) is 16.7 Å². The first-order chi connectivity index (χ1) is 20.7. The van der Waals surface area contributed by atoms with Crippen molar-refractivity contribution < 1.29 is 4.92 Å². The lowest BCUT2D eigenvalue weighted by atomic mass is 9.86. The minimum absolute atomic E-state index is 0.0201. The predicted molar refractivity (Wildman–Crippen MR) is 165 cm³/mol. The monoisotopic (exact) mass is 550 g/mol. The van der Waals surface area contributed by atoms with Crippen LogP contribution >= 0.6 is 0 Å². The van der Waals surface area contributed by atoms with Crippen LogP contribution in [0.25, 0.3) is 0 Å². The zero-order valence-electron chi connectivity index (χ0n) is 22.6. The molecule has 7 rings (SSSR count). The number of amidine groups is 1. The van der Waals surface area contributed by atoms with Crippen molar-refractivity contribution in [3.05, 3.63) is 172 Å². The molecule has 0 fully saturated rings. The lowest BCUT2D eigenvalue weighted by Gasteiger charge is -2.49. The van der Waals surface area contributed by atoms with Gasteiger partial charge in [-0.05, 0) is 24.3 Å². The number of para-hydroxylation sites is 1. The van der Waals surface area contributed by atoms with E-state index in [0.29, 0.717) is 12.4 Å². The van der Waals surface area contributed by atoms with Crippen LogP contribution in [-0.2, 0) is 5.66 Å². The second-order valence-electron chi connectivity index (χ2n) is 10.0. The second-order valence-corrected chi connectivity index (χ2v) is 10.0. The van der Waals surface area contributed by atoms with Crippen molar-refractivity contribution in [1.29, 1.82) is 0 Å². The number of hydrazone groups is 2. The number of nitrogens with zero attached hydrogens (tertiary/aromatic N) is 6. The van der Waals surface area contributed by atoms with E-state index in [1.807, 2.05) is 94.9 Å². The van der Waals surface area contributed by atoms with Gasteiger partial charge in [0, 0.05) is 28.8 Å². The lowest BCUT2D eigenvalue weighted by molar-refractivity contribution is -0.384. The molecular weight excluding hydrogens is 524 g/mol. The van der Waals surface area contributed by atoms with E-state index in [1.54, 1.807) is 12.1 Å². The molecule has 8 nitrogen and oxygen atoms in total. The summed E-state index contributed by atoms with van der Waals surface area (Å²) in [5, 5.41) is 26.1. The van der Waals surface area contributed by atoms with Crippen LogP contribution in [0.5, 0.6) is 0 Å². The highest BCUT2D eigenvalue weighted by atomic mass is 16.6. The molecule has 2 heterocycles. The van der Waals surface area contributed by atoms with E-state index in [2.05, 4.69) is 41.3 Å². The summed E-state index contributed by atoms with van der Waals surface area (Å²) in [5.41, 5.74) is 4.30. The topological polar surface area (TPSA) is 77.6 Å². The molecule has 0 aromatic heterocycles. The fourth-order valence-electron chi connectivity index (χ4n) is 5.68. The first kappa shape index (κ1) is 25.2. The Hall–Kier alpha value is -5.76. The Balaban J connectivity index is 1.55. The van der Waals surface area contributed by atoms with Crippen LogP contribution in [0.4, 0.5) is 17.1 Å². The molecule has 0 saturated heterocycles. The zero-order chi connectivity index (χ0) is 28.5. The Morgan fingerprint density at radius 1 is 0.619 bits per heavy atom. The Morgan fingerprint density at radius 3 is 1.76 bits per heavy atom.